The van der Waals surface area contributed by atoms with E-state index >= 15 is 0 Å². The van der Waals surface area contributed by atoms with Gasteiger partial charge in [-0.1, -0.05) is 41.9 Å². The van der Waals surface area contributed by atoms with Crippen molar-refractivity contribution < 1.29 is 9.53 Å². The van der Waals surface area contributed by atoms with Crippen LogP contribution in [0.3, 0.4) is 0 Å². The van der Waals surface area contributed by atoms with E-state index in [1.165, 1.54) is 5.56 Å². The second kappa shape index (κ2) is 9.77. The van der Waals surface area contributed by atoms with Gasteiger partial charge in [0.15, 0.2) is 0 Å². The molecule has 1 unspecified atom stereocenters. The number of hydrogen-bond acceptors (Lipinski definition) is 5. The number of pyridine rings is 1. The summed E-state index contributed by atoms with van der Waals surface area (Å²) in [6.07, 6.45) is 2.70. The first kappa shape index (κ1) is 21.1. The van der Waals surface area contributed by atoms with Crippen molar-refractivity contribution in [1.29, 1.82) is 0 Å². The number of nitrogens with zero attached hydrogens (tertiary/aromatic N) is 4. The van der Waals surface area contributed by atoms with Gasteiger partial charge in [-0.05, 0) is 25.0 Å². The second-order valence-electron chi connectivity index (χ2n) is 8.01. The number of aromatic nitrogens is 1. The molecule has 0 saturated carbocycles. The molecule has 2 fully saturated rings. The highest BCUT2D eigenvalue weighted by atomic mass is 35.5. The standard InChI is InChI=1S/C23H29ClN4O2/c1-18-7-8-26(9-10-28(18)17-19-5-3-2-4-6-19)22-21(24)15-20(16-25-22)23(29)27-11-13-30-14-12-27/h2-6,15-16,18H,7-14,17H2,1H3. The molecule has 2 aromatic rings. The maximum absolute atomic E-state index is 12.7. The van der Waals surface area contributed by atoms with E-state index in [1.807, 2.05) is 0 Å². The first-order valence-corrected chi connectivity index (χ1v) is 11.0. The molecule has 6 nitrogen and oxygen atoms in total. The van der Waals surface area contributed by atoms with Gasteiger partial charge in [0.25, 0.3) is 5.91 Å². The van der Waals surface area contributed by atoms with Crippen molar-refractivity contribution >= 4 is 23.3 Å². The molecule has 1 atom stereocenters. The third kappa shape index (κ3) is 4.94. The number of carbonyl (C=O) groups is 1. The summed E-state index contributed by atoms with van der Waals surface area (Å²) >= 11 is 6.59. The second-order valence-corrected chi connectivity index (χ2v) is 8.42. The molecule has 7 heteroatoms. The highest BCUT2D eigenvalue weighted by molar-refractivity contribution is 6.33. The molecule has 2 aliphatic heterocycles. The highest BCUT2D eigenvalue weighted by Gasteiger charge is 2.24. The van der Waals surface area contributed by atoms with Crippen molar-refractivity contribution in [2.45, 2.75) is 25.9 Å². The van der Waals surface area contributed by atoms with Crippen molar-refractivity contribution in [2.75, 3.05) is 50.8 Å². The molecular formula is C23H29ClN4O2. The van der Waals surface area contributed by atoms with Gasteiger partial charge in [-0.15, -0.1) is 0 Å². The van der Waals surface area contributed by atoms with Crippen LogP contribution in [0.15, 0.2) is 42.6 Å². The number of amides is 1. The monoisotopic (exact) mass is 428 g/mol. The van der Waals surface area contributed by atoms with Crippen LogP contribution < -0.4 is 4.90 Å². The molecule has 1 aromatic carbocycles. The summed E-state index contributed by atoms with van der Waals surface area (Å²) in [5, 5.41) is 0.540. The third-order valence-electron chi connectivity index (χ3n) is 5.99. The molecule has 1 amide bonds. The van der Waals surface area contributed by atoms with Gasteiger partial charge in [-0.25, -0.2) is 4.98 Å². The average molecular weight is 429 g/mol. The van der Waals surface area contributed by atoms with Crippen LogP contribution in [0.5, 0.6) is 0 Å². The fraction of sp³-hybridized carbons (Fsp3) is 0.478. The first-order chi connectivity index (χ1) is 14.6. The summed E-state index contributed by atoms with van der Waals surface area (Å²) in [6.45, 7) is 8.32. The van der Waals surface area contributed by atoms with Crippen molar-refractivity contribution in [3.8, 4) is 0 Å². The minimum atomic E-state index is -0.0298. The zero-order valence-electron chi connectivity index (χ0n) is 17.5. The molecule has 3 heterocycles. The third-order valence-corrected chi connectivity index (χ3v) is 6.27. The Labute approximate surface area is 183 Å². The van der Waals surface area contributed by atoms with Crippen LogP contribution in [-0.2, 0) is 11.3 Å². The summed E-state index contributed by atoms with van der Waals surface area (Å²) < 4.78 is 5.33. The van der Waals surface area contributed by atoms with Crippen LogP contribution in [-0.4, -0.2) is 72.7 Å². The Balaban J connectivity index is 1.43. The quantitative estimate of drug-likeness (QED) is 0.747. The molecule has 0 spiro atoms. The van der Waals surface area contributed by atoms with Crippen LogP contribution in [0.25, 0.3) is 0 Å². The van der Waals surface area contributed by atoms with E-state index in [1.54, 1.807) is 17.2 Å². The lowest BCUT2D eigenvalue weighted by atomic mass is 10.1. The molecule has 0 aliphatic carbocycles. The van der Waals surface area contributed by atoms with E-state index in [2.05, 4.69) is 52.0 Å². The van der Waals surface area contributed by atoms with E-state index in [-0.39, 0.29) is 5.91 Å². The van der Waals surface area contributed by atoms with E-state index < -0.39 is 0 Å². The van der Waals surface area contributed by atoms with E-state index in [9.17, 15) is 4.79 Å². The molecule has 160 valence electrons. The predicted molar refractivity (Wildman–Crippen MR) is 119 cm³/mol. The lowest BCUT2D eigenvalue weighted by Crippen LogP contribution is -2.40. The van der Waals surface area contributed by atoms with Gasteiger partial charge >= 0.3 is 0 Å². The Kier molecular flexibility index (Phi) is 6.87. The molecule has 0 radical (unpaired) electrons. The molecule has 4 rings (SSSR count). The van der Waals surface area contributed by atoms with Crippen LogP contribution >= 0.6 is 11.6 Å². The van der Waals surface area contributed by atoms with Gasteiger partial charge in [0.05, 0.1) is 23.8 Å². The highest BCUT2D eigenvalue weighted by Crippen LogP contribution is 2.27. The minimum Gasteiger partial charge on any atom is -0.378 e. The van der Waals surface area contributed by atoms with Gasteiger partial charge in [-0.3, -0.25) is 9.69 Å². The van der Waals surface area contributed by atoms with Crippen LogP contribution in [0, 0.1) is 0 Å². The lowest BCUT2D eigenvalue weighted by molar-refractivity contribution is 0.0302. The smallest absolute Gasteiger partial charge is 0.255 e. The number of ether oxygens (including phenoxy) is 1. The first-order valence-electron chi connectivity index (χ1n) is 10.7. The van der Waals surface area contributed by atoms with Gasteiger partial charge in [-0.2, -0.15) is 0 Å². The van der Waals surface area contributed by atoms with Crippen LogP contribution in [0.4, 0.5) is 5.82 Å². The van der Waals surface area contributed by atoms with Gasteiger partial charge < -0.3 is 14.5 Å². The predicted octanol–water partition coefficient (Wildman–Crippen LogP) is 3.31. The average Bonchev–Trinajstić information content (AvgIpc) is 2.96. The Hall–Kier alpha value is -2.15. The normalized spacial score (nSPS) is 20.8. The number of carbonyl (C=O) groups excluding carboxylic acids is 1. The van der Waals surface area contributed by atoms with Gasteiger partial charge in [0.2, 0.25) is 0 Å². The molecule has 0 N–H and O–H groups in total. The fourth-order valence-corrected chi connectivity index (χ4v) is 4.39. The van der Waals surface area contributed by atoms with Crippen molar-refractivity contribution in [2.24, 2.45) is 0 Å². The van der Waals surface area contributed by atoms with Crippen molar-refractivity contribution in [3.05, 3.63) is 58.7 Å². The summed E-state index contributed by atoms with van der Waals surface area (Å²) in [6, 6.07) is 12.8. The van der Waals surface area contributed by atoms with Gasteiger partial charge in [0.1, 0.15) is 5.82 Å². The molecule has 2 saturated heterocycles. The number of rotatable bonds is 4. The molecule has 0 bridgehead atoms. The molecular weight excluding hydrogens is 400 g/mol. The summed E-state index contributed by atoms with van der Waals surface area (Å²) in [4.78, 5) is 23.8. The van der Waals surface area contributed by atoms with Crippen LogP contribution in [0.1, 0.15) is 29.3 Å². The summed E-state index contributed by atoms with van der Waals surface area (Å²) in [7, 11) is 0. The summed E-state index contributed by atoms with van der Waals surface area (Å²) in [5.41, 5.74) is 1.87. The van der Waals surface area contributed by atoms with Gasteiger partial charge in [0, 0.05) is 51.5 Å². The Morgan fingerprint density at radius 2 is 1.90 bits per heavy atom. The molecule has 1 aromatic heterocycles. The van der Waals surface area contributed by atoms with Crippen molar-refractivity contribution in [1.82, 2.24) is 14.8 Å². The zero-order valence-corrected chi connectivity index (χ0v) is 18.2. The van der Waals surface area contributed by atoms with E-state index in [4.69, 9.17) is 16.3 Å². The topological polar surface area (TPSA) is 48.9 Å². The zero-order chi connectivity index (χ0) is 20.9. The van der Waals surface area contributed by atoms with Crippen molar-refractivity contribution in [3.63, 3.8) is 0 Å². The fourth-order valence-electron chi connectivity index (χ4n) is 4.10. The Morgan fingerprint density at radius 1 is 1.13 bits per heavy atom. The molecule has 2 aliphatic rings. The number of anilines is 1. The van der Waals surface area contributed by atoms with Crippen LogP contribution in [0.2, 0.25) is 5.02 Å². The lowest BCUT2D eigenvalue weighted by Gasteiger charge is -2.27. The SMILES string of the molecule is CC1CCN(c2ncc(C(=O)N3CCOCC3)cc2Cl)CCN1Cc1ccccc1. The summed E-state index contributed by atoms with van der Waals surface area (Å²) in [5.74, 6) is 0.738. The molecule has 30 heavy (non-hydrogen) atoms. The number of benzene rings is 1. The number of morpholine rings is 1. The largest absolute Gasteiger partial charge is 0.378 e. The number of halogens is 1. The van der Waals surface area contributed by atoms with E-state index in [0.717, 1.165) is 38.4 Å². The maximum Gasteiger partial charge on any atom is 0.255 e. The van der Waals surface area contributed by atoms with E-state index in [0.29, 0.717) is 42.9 Å². The Bertz CT molecular complexity index is 858. The maximum atomic E-state index is 12.7. The Morgan fingerprint density at radius 3 is 2.63 bits per heavy atom. The number of hydrogen-bond donors (Lipinski definition) is 0. The minimum absolute atomic E-state index is 0.0298.